The van der Waals surface area contributed by atoms with Crippen LogP contribution in [0.5, 0.6) is 0 Å². The van der Waals surface area contributed by atoms with Crippen molar-refractivity contribution in [3.8, 4) is 16.9 Å². The topological polar surface area (TPSA) is 35.6 Å². The van der Waals surface area contributed by atoms with Gasteiger partial charge in [0.2, 0.25) is 0 Å². The molecule has 0 saturated carbocycles. The summed E-state index contributed by atoms with van der Waals surface area (Å²) in [5.74, 6) is -1.36. The number of hydrogen-bond donors (Lipinski definition) is 0. The van der Waals surface area contributed by atoms with E-state index in [0.717, 1.165) is 18.5 Å². The number of nitrogens with zero attached hydrogens (tertiary/aromatic N) is 4. The Morgan fingerprint density at radius 1 is 1.03 bits per heavy atom. The van der Waals surface area contributed by atoms with Gasteiger partial charge in [-0.3, -0.25) is 9.25 Å². The van der Waals surface area contributed by atoms with Crippen molar-refractivity contribution >= 4 is 22.6 Å². The van der Waals surface area contributed by atoms with Crippen LogP contribution in [0.1, 0.15) is 11.3 Å². The lowest BCUT2D eigenvalue weighted by Crippen LogP contribution is -2.10. The Labute approximate surface area is 166 Å². The summed E-state index contributed by atoms with van der Waals surface area (Å²) >= 11 is 6.19. The SMILES string of the molecule is Cc1nn(C)c(-n2cnc3cc(F)cc(C(F)(F)F)c32)c1-c1ccc(F)cc1Cl. The van der Waals surface area contributed by atoms with E-state index >= 15 is 0 Å². The van der Waals surface area contributed by atoms with Crippen LogP contribution in [0.15, 0.2) is 36.7 Å². The summed E-state index contributed by atoms with van der Waals surface area (Å²) in [6, 6.07) is 5.08. The summed E-state index contributed by atoms with van der Waals surface area (Å²) < 4.78 is 70.6. The minimum Gasteiger partial charge on any atom is -0.282 e. The highest BCUT2D eigenvalue weighted by atomic mass is 35.5. The molecule has 4 nitrogen and oxygen atoms in total. The number of rotatable bonds is 2. The maximum atomic E-state index is 13.7. The summed E-state index contributed by atoms with van der Waals surface area (Å²) in [5.41, 5.74) is -0.373. The quantitative estimate of drug-likeness (QED) is 0.386. The van der Waals surface area contributed by atoms with E-state index in [1.807, 2.05) is 0 Å². The first-order chi connectivity index (χ1) is 13.6. The molecule has 2 aromatic heterocycles. The Hall–Kier alpha value is -2.94. The molecule has 0 N–H and O–H groups in total. The molecule has 2 heterocycles. The molecule has 0 aliphatic carbocycles. The average molecular weight is 427 g/mol. The zero-order chi connectivity index (χ0) is 21.1. The predicted octanol–water partition coefficient (Wildman–Crippen LogP) is 5.68. The lowest BCUT2D eigenvalue weighted by atomic mass is 10.1. The molecule has 0 radical (unpaired) electrons. The van der Waals surface area contributed by atoms with E-state index in [9.17, 15) is 22.0 Å². The lowest BCUT2D eigenvalue weighted by molar-refractivity contribution is -0.136. The van der Waals surface area contributed by atoms with Crippen molar-refractivity contribution in [2.75, 3.05) is 0 Å². The van der Waals surface area contributed by atoms with Crippen molar-refractivity contribution in [3.63, 3.8) is 0 Å². The summed E-state index contributed by atoms with van der Waals surface area (Å²) in [7, 11) is 1.55. The number of fused-ring (bicyclic) bond motifs is 1. The molecule has 0 bridgehead atoms. The van der Waals surface area contributed by atoms with Crippen LogP contribution in [-0.2, 0) is 13.2 Å². The van der Waals surface area contributed by atoms with Gasteiger partial charge in [0.25, 0.3) is 0 Å². The molecule has 10 heteroatoms. The highest BCUT2D eigenvalue weighted by molar-refractivity contribution is 6.33. The number of benzene rings is 2. The monoisotopic (exact) mass is 426 g/mol. The number of imidazole rings is 1. The van der Waals surface area contributed by atoms with Crippen LogP contribution in [0, 0.1) is 18.6 Å². The van der Waals surface area contributed by atoms with Crippen LogP contribution in [0.4, 0.5) is 22.0 Å². The van der Waals surface area contributed by atoms with Gasteiger partial charge in [-0.1, -0.05) is 11.6 Å². The van der Waals surface area contributed by atoms with Gasteiger partial charge in [0.1, 0.15) is 23.8 Å². The second kappa shape index (κ2) is 6.55. The van der Waals surface area contributed by atoms with Gasteiger partial charge in [-0.25, -0.2) is 13.8 Å². The van der Waals surface area contributed by atoms with Crippen molar-refractivity contribution in [1.82, 2.24) is 19.3 Å². The van der Waals surface area contributed by atoms with Gasteiger partial charge in [-0.2, -0.15) is 18.3 Å². The Bertz CT molecular complexity index is 1260. The molecule has 0 aliphatic rings. The van der Waals surface area contributed by atoms with Crippen LogP contribution in [0.2, 0.25) is 5.02 Å². The molecule has 0 atom stereocenters. The molecule has 0 unspecified atom stereocenters. The molecule has 2 aromatic carbocycles. The minimum atomic E-state index is -4.81. The Morgan fingerprint density at radius 3 is 2.41 bits per heavy atom. The first-order valence-corrected chi connectivity index (χ1v) is 8.69. The zero-order valence-corrected chi connectivity index (χ0v) is 15.8. The van der Waals surface area contributed by atoms with Crippen molar-refractivity contribution < 1.29 is 22.0 Å². The first kappa shape index (κ1) is 19.4. The normalized spacial score (nSPS) is 12.1. The first-order valence-electron chi connectivity index (χ1n) is 8.31. The van der Waals surface area contributed by atoms with Crippen LogP contribution in [-0.4, -0.2) is 19.3 Å². The standard InChI is InChI=1S/C19H12ClF5N4/c1-9-16(12-4-3-10(21)6-14(12)20)18(28(2)27-9)29-8-26-15-7-11(22)5-13(17(15)29)19(23,24)25/h3-8H,1-2H3. The fourth-order valence-corrected chi connectivity index (χ4v) is 3.68. The Balaban J connectivity index is 2.09. The summed E-state index contributed by atoms with van der Waals surface area (Å²) in [4.78, 5) is 3.94. The lowest BCUT2D eigenvalue weighted by Gasteiger charge is -2.14. The smallest absolute Gasteiger partial charge is 0.282 e. The third-order valence-corrected chi connectivity index (χ3v) is 4.85. The van der Waals surface area contributed by atoms with E-state index in [-0.39, 0.29) is 21.9 Å². The van der Waals surface area contributed by atoms with Crippen molar-refractivity contribution in [1.29, 1.82) is 0 Å². The Kier molecular flexibility index (Phi) is 4.38. The molecule has 0 aliphatic heterocycles. The van der Waals surface area contributed by atoms with Crippen LogP contribution in [0.25, 0.3) is 28.0 Å². The largest absolute Gasteiger partial charge is 0.418 e. The number of alkyl halides is 3. The second-order valence-electron chi connectivity index (χ2n) is 6.47. The van der Waals surface area contributed by atoms with Gasteiger partial charge < -0.3 is 0 Å². The van der Waals surface area contributed by atoms with Crippen LogP contribution in [0.3, 0.4) is 0 Å². The van der Waals surface area contributed by atoms with E-state index in [1.165, 1.54) is 21.4 Å². The maximum Gasteiger partial charge on any atom is 0.418 e. The molecule has 0 amide bonds. The minimum absolute atomic E-state index is 0.0776. The molecular weight excluding hydrogens is 415 g/mol. The third-order valence-electron chi connectivity index (χ3n) is 4.53. The molecule has 0 saturated heterocycles. The number of aromatic nitrogens is 4. The van der Waals surface area contributed by atoms with Crippen molar-refractivity contribution in [2.45, 2.75) is 13.1 Å². The van der Waals surface area contributed by atoms with E-state index < -0.39 is 23.4 Å². The molecule has 0 fully saturated rings. The van der Waals surface area contributed by atoms with E-state index in [4.69, 9.17) is 11.6 Å². The number of aryl methyl sites for hydroxylation is 2. The molecule has 4 rings (SSSR count). The van der Waals surface area contributed by atoms with E-state index in [1.54, 1.807) is 14.0 Å². The highest BCUT2D eigenvalue weighted by Gasteiger charge is 2.36. The molecular formula is C19H12ClF5N4. The van der Waals surface area contributed by atoms with E-state index in [2.05, 4.69) is 10.1 Å². The van der Waals surface area contributed by atoms with E-state index in [0.29, 0.717) is 22.9 Å². The molecule has 4 aromatic rings. The van der Waals surface area contributed by atoms with Crippen LogP contribution >= 0.6 is 11.6 Å². The summed E-state index contributed by atoms with van der Waals surface area (Å²) in [5, 5.41) is 4.36. The van der Waals surface area contributed by atoms with Gasteiger partial charge in [-0.05, 0) is 31.2 Å². The fraction of sp³-hybridized carbons (Fsp3) is 0.158. The van der Waals surface area contributed by atoms with Crippen LogP contribution < -0.4 is 0 Å². The molecule has 29 heavy (non-hydrogen) atoms. The highest BCUT2D eigenvalue weighted by Crippen LogP contribution is 2.40. The Morgan fingerprint density at radius 2 is 1.76 bits per heavy atom. The molecule has 0 spiro atoms. The van der Waals surface area contributed by atoms with Crippen molar-refractivity contribution in [2.24, 2.45) is 7.05 Å². The summed E-state index contributed by atoms with van der Waals surface area (Å²) in [6.07, 6.45) is -3.64. The molecule has 150 valence electrons. The average Bonchev–Trinajstić information content (AvgIpc) is 3.13. The number of halogens is 6. The van der Waals surface area contributed by atoms with Gasteiger partial charge in [0.15, 0.2) is 0 Å². The predicted molar refractivity (Wildman–Crippen MR) is 97.9 cm³/mol. The maximum absolute atomic E-state index is 13.7. The van der Waals surface area contributed by atoms with Gasteiger partial charge in [0, 0.05) is 24.2 Å². The van der Waals surface area contributed by atoms with Gasteiger partial charge >= 0.3 is 6.18 Å². The summed E-state index contributed by atoms with van der Waals surface area (Å²) in [6.45, 7) is 1.65. The number of hydrogen-bond acceptors (Lipinski definition) is 2. The van der Waals surface area contributed by atoms with Crippen molar-refractivity contribution in [3.05, 3.63) is 64.6 Å². The zero-order valence-electron chi connectivity index (χ0n) is 15.0. The van der Waals surface area contributed by atoms with Gasteiger partial charge in [-0.15, -0.1) is 0 Å². The van der Waals surface area contributed by atoms with Gasteiger partial charge in [0.05, 0.1) is 27.3 Å². The fourth-order valence-electron chi connectivity index (χ4n) is 3.42. The second-order valence-corrected chi connectivity index (χ2v) is 6.87. The third kappa shape index (κ3) is 3.15.